The molecule has 0 saturated carbocycles. The van der Waals surface area contributed by atoms with Crippen molar-refractivity contribution in [2.24, 2.45) is 0 Å². The number of carbonyl (C=O) groups excluding carboxylic acids is 2. The third-order valence-corrected chi connectivity index (χ3v) is 6.66. The van der Waals surface area contributed by atoms with E-state index in [0.717, 1.165) is 25.2 Å². The van der Waals surface area contributed by atoms with Gasteiger partial charge in [0, 0.05) is 62.6 Å². The number of rotatable bonds is 7. The van der Waals surface area contributed by atoms with Gasteiger partial charge in [-0.25, -0.2) is 0 Å². The van der Waals surface area contributed by atoms with Gasteiger partial charge in [-0.05, 0) is 30.9 Å². The number of hydrogen-bond donors (Lipinski definition) is 1. The Kier molecular flexibility index (Phi) is 7.59. The molecule has 0 bridgehead atoms. The molecule has 178 valence electrons. The minimum absolute atomic E-state index is 0.00758. The smallest absolute Gasteiger partial charge is 0.259 e. The highest BCUT2D eigenvalue weighted by atomic mass is 32.1. The SMILES string of the molecule is CC(C)NC(=O)c1cn(Cc2ccccc2)cc(C(=O)N2CCN(Cc3cccs3)CC2)c1=O. The number of nitrogens with one attached hydrogen (secondary N) is 1. The summed E-state index contributed by atoms with van der Waals surface area (Å²) in [5.41, 5.74) is 0.529. The standard InChI is InChI=1S/C26H30N4O3S/c1-19(2)27-25(32)22-17-29(15-20-7-4-3-5-8-20)18-23(24(22)31)26(33)30-12-10-28(11-13-30)16-21-9-6-14-34-21/h3-9,14,17-19H,10-13,15-16H2,1-2H3,(H,27,32). The van der Waals surface area contributed by atoms with E-state index in [1.165, 1.54) is 4.88 Å². The van der Waals surface area contributed by atoms with Gasteiger partial charge >= 0.3 is 0 Å². The van der Waals surface area contributed by atoms with E-state index in [1.807, 2.05) is 50.2 Å². The molecular formula is C26H30N4O3S. The van der Waals surface area contributed by atoms with Crippen LogP contribution in [-0.2, 0) is 13.1 Å². The Bertz CT molecular complexity index is 1180. The van der Waals surface area contributed by atoms with Gasteiger partial charge in [0.15, 0.2) is 0 Å². The van der Waals surface area contributed by atoms with E-state index in [1.54, 1.807) is 33.2 Å². The molecule has 7 nitrogen and oxygen atoms in total. The molecular weight excluding hydrogens is 448 g/mol. The molecule has 1 aliphatic heterocycles. The molecule has 1 N–H and O–H groups in total. The van der Waals surface area contributed by atoms with Crippen LogP contribution in [0, 0.1) is 0 Å². The summed E-state index contributed by atoms with van der Waals surface area (Å²) in [6.45, 7) is 7.59. The summed E-state index contributed by atoms with van der Waals surface area (Å²) in [7, 11) is 0. The number of nitrogens with zero attached hydrogens (tertiary/aromatic N) is 3. The van der Waals surface area contributed by atoms with E-state index < -0.39 is 11.3 Å². The second-order valence-corrected chi connectivity index (χ2v) is 9.88. The molecule has 3 heterocycles. The van der Waals surface area contributed by atoms with Crippen molar-refractivity contribution in [3.8, 4) is 0 Å². The van der Waals surface area contributed by atoms with Crippen LogP contribution in [0.15, 0.2) is 65.0 Å². The molecule has 2 aromatic heterocycles. The first-order valence-electron chi connectivity index (χ1n) is 11.5. The fourth-order valence-corrected chi connectivity index (χ4v) is 4.82. The topological polar surface area (TPSA) is 74.7 Å². The minimum atomic E-state index is -0.520. The van der Waals surface area contributed by atoms with E-state index in [0.29, 0.717) is 19.6 Å². The van der Waals surface area contributed by atoms with Crippen LogP contribution in [0.3, 0.4) is 0 Å². The second kappa shape index (κ2) is 10.8. The lowest BCUT2D eigenvalue weighted by molar-refractivity contribution is 0.0627. The van der Waals surface area contributed by atoms with Gasteiger partial charge in [0.1, 0.15) is 11.1 Å². The monoisotopic (exact) mass is 478 g/mol. The Morgan fingerprint density at radius 3 is 2.29 bits per heavy atom. The molecule has 0 spiro atoms. The fourth-order valence-electron chi connectivity index (χ4n) is 4.07. The van der Waals surface area contributed by atoms with Crippen molar-refractivity contribution >= 4 is 23.2 Å². The van der Waals surface area contributed by atoms with Crippen LogP contribution < -0.4 is 10.7 Å². The first-order chi connectivity index (χ1) is 16.4. The molecule has 0 atom stereocenters. The molecule has 1 saturated heterocycles. The Morgan fingerprint density at radius 2 is 1.65 bits per heavy atom. The summed E-state index contributed by atoms with van der Waals surface area (Å²) in [6, 6.07) is 13.8. The van der Waals surface area contributed by atoms with Crippen molar-refractivity contribution in [2.75, 3.05) is 26.2 Å². The van der Waals surface area contributed by atoms with Gasteiger partial charge in [0.05, 0.1) is 0 Å². The minimum Gasteiger partial charge on any atom is -0.350 e. The molecule has 2 amide bonds. The van der Waals surface area contributed by atoms with Crippen molar-refractivity contribution < 1.29 is 9.59 Å². The van der Waals surface area contributed by atoms with E-state index in [2.05, 4.69) is 21.7 Å². The van der Waals surface area contributed by atoms with Crippen molar-refractivity contribution in [1.82, 2.24) is 19.7 Å². The first-order valence-corrected chi connectivity index (χ1v) is 12.4. The van der Waals surface area contributed by atoms with Crippen molar-refractivity contribution in [1.29, 1.82) is 0 Å². The zero-order valence-electron chi connectivity index (χ0n) is 19.6. The van der Waals surface area contributed by atoms with Crippen LogP contribution in [0.4, 0.5) is 0 Å². The lowest BCUT2D eigenvalue weighted by Crippen LogP contribution is -2.49. The largest absolute Gasteiger partial charge is 0.350 e. The maximum atomic E-state index is 13.4. The third kappa shape index (κ3) is 5.81. The van der Waals surface area contributed by atoms with Crippen LogP contribution in [0.2, 0.25) is 0 Å². The maximum Gasteiger partial charge on any atom is 0.259 e. The second-order valence-electron chi connectivity index (χ2n) is 8.85. The number of benzene rings is 1. The van der Waals surface area contributed by atoms with Gasteiger partial charge in [-0.2, -0.15) is 0 Å². The lowest BCUT2D eigenvalue weighted by atomic mass is 10.1. The van der Waals surface area contributed by atoms with Gasteiger partial charge in [-0.1, -0.05) is 36.4 Å². The highest BCUT2D eigenvalue weighted by Crippen LogP contribution is 2.15. The Morgan fingerprint density at radius 1 is 0.941 bits per heavy atom. The van der Waals surface area contributed by atoms with Gasteiger partial charge < -0.3 is 14.8 Å². The molecule has 34 heavy (non-hydrogen) atoms. The summed E-state index contributed by atoms with van der Waals surface area (Å²) >= 11 is 1.73. The van der Waals surface area contributed by atoms with Crippen LogP contribution in [0.1, 0.15) is 45.0 Å². The Hall–Kier alpha value is -3.23. The number of hydrogen-bond acceptors (Lipinski definition) is 5. The van der Waals surface area contributed by atoms with Crippen LogP contribution >= 0.6 is 11.3 Å². The average molecular weight is 479 g/mol. The average Bonchev–Trinajstić information content (AvgIpc) is 3.33. The van der Waals surface area contributed by atoms with E-state index in [9.17, 15) is 14.4 Å². The fraction of sp³-hybridized carbons (Fsp3) is 0.346. The summed E-state index contributed by atoms with van der Waals surface area (Å²) in [5, 5.41) is 4.85. The molecule has 1 aliphatic rings. The van der Waals surface area contributed by atoms with Gasteiger partial charge in [0.25, 0.3) is 11.8 Å². The Balaban J connectivity index is 1.56. The van der Waals surface area contributed by atoms with E-state index in [-0.39, 0.29) is 23.1 Å². The number of thiophene rings is 1. The molecule has 0 radical (unpaired) electrons. The predicted molar refractivity (Wildman–Crippen MR) is 134 cm³/mol. The van der Waals surface area contributed by atoms with E-state index >= 15 is 0 Å². The van der Waals surface area contributed by atoms with E-state index in [4.69, 9.17) is 0 Å². The molecule has 0 aliphatic carbocycles. The zero-order valence-corrected chi connectivity index (χ0v) is 20.4. The van der Waals surface area contributed by atoms with Crippen molar-refractivity contribution in [3.05, 3.63) is 92.0 Å². The maximum absolute atomic E-state index is 13.4. The molecule has 4 rings (SSSR count). The third-order valence-electron chi connectivity index (χ3n) is 5.80. The normalized spacial score (nSPS) is 14.4. The Labute approximate surface area is 203 Å². The molecule has 3 aromatic rings. The lowest BCUT2D eigenvalue weighted by Gasteiger charge is -2.34. The molecule has 0 unspecified atom stereocenters. The van der Waals surface area contributed by atoms with Gasteiger partial charge in [-0.3, -0.25) is 19.3 Å². The van der Waals surface area contributed by atoms with Crippen LogP contribution in [-0.4, -0.2) is 58.4 Å². The predicted octanol–water partition coefficient (Wildman–Crippen LogP) is 3.05. The molecule has 1 fully saturated rings. The van der Waals surface area contributed by atoms with Gasteiger partial charge in [0.2, 0.25) is 5.43 Å². The quantitative estimate of drug-likeness (QED) is 0.567. The zero-order chi connectivity index (χ0) is 24.1. The number of piperazine rings is 1. The summed E-state index contributed by atoms with van der Waals surface area (Å²) in [5.74, 6) is -0.779. The summed E-state index contributed by atoms with van der Waals surface area (Å²) in [6.07, 6.45) is 3.13. The number of aromatic nitrogens is 1. The highest BCUT2D eigenvalue weighted by molar-refractivity contribution is 7.09. The van der Waals surface area contributed by atoms with Crippen molar-refractivity contribution in [2.45, 2.75) is 33.0 Å². The molecule has 8 heteroatoms. The van der Waals surface area contributed by atoms with Crippen LogP contribution in [0.5, 0.6) is 0 Å². The highest BCUT2D eigenvalue weighted by Gasteiger charge is 2.26. The van der Waals surface area contributed by atoms with Crippen molar-refractivity contribution in [3.63, 3.8) is 0 Å². The first kappa shape index (κ1) is 23.9. The molecule has 1 aromatic carbocycles. The summed E-state index contributed by atoms with van der Waals surface area (Å²) in [4.78, 5) is 44.7. The number of carbonyl (C=O) groups is 2. The van der Waals surface area contributed by atoms with Gasteiger partial charge in [-0.15, -0.1) is 11.3 Å². The number of amides is 2. The van der Waals surface area contributed by atoms with Crippen LogP contribution in [0.25, 0.3) is 0 Å². The number of pyridine rings is 1. The summed E-state index contributed by atoms with van der Waals surface area (Å²) < 4.78 is 1.76.